The normalized spacial score (nSPS) is 23.0. The zero-order valence-corrected chi connectivity index (χ0v) is 7.45. The Morgan fingerprint density at radius 3 is 3.27 bits per heavy atom. The maximum Gasteiger partial charge on any atom is 0.0754 e. The van der Waals surface area contributed by atoms with Gasteiger partial charge >= 0.3 is 0 Å². The summed E-state index contributed by atoms with van der Waals surface area (Å²) in [5.41, 5.74) is 2.45. The summed E-state index contributed by atoms with van der Waals surface area (Å²) < 4.78 is 0. The maximum absolute atomic E-state index is 3.97. The quantitative estimate of drug-likeness (QED) is 0.542. The Kier molecular flexibility index (Phi) is 1.57. The van der Waals surface area contributed by atoms with E-state index in [1.807, 2.05) is 11.8 Å². The van der Waals surface area contributed by atoms with E-state index in [1.165, 1.54) is 16.4 Å². The van der Waals surface area contributed by atoms with E-state index in [0.29, 0.717) is 0 Å². The summed E-state index contributed by atoms with van der Waals surface area (Å²) in [6.07, 6.45) is 4.37. The highest BCUT2D eigenvalue weighted by molar-refractivity contribution is 8.03. The number of hydrogen-bond donors (Lipinski definition) is 0. The Morgan fingerprint density at radius 1 is 1.64 bits per heavy atom. The van der Waals surface area contributed by atoms with Crippen LogP contribution in [0.5, 0.6) is 0 Å². The van der Waals surface area contributed by atoms with Crippen molar-refractivity contribution < 1.29 is 0 Å². The van der Waals surface area contributed by atoms with Gasteiger partial charge in [-0.15, -0.1) is 11.8 Å². The number of thioether (sulfide) groups is 1. The van der Waals surface area contributed by atoms with Crippen molar-refractivity contribution in [1.29, 1.82) is 0 Å². The van der Waals surface area contributed by atoms with E-state index in [9.17, 15) is 0 Å². The highest BCUT2D eigenvalue weighted by Gasteiger charge is 2.19. The molecule has 0 aromatic heterocycles. The minimum atomic E-state index is 1.15. The van der Waals surface area contributed by atoms with Gasteiger partial charge in [0.05, 0.1) is 5.03 Å². The van der Waals surface area contributed by atoms with Gasteiger partial charge < -0.3 is 4.90 Å². The molecule has 0 bridgehead atoms. The van der Waals surface area contributed by atoms with Crippen molar-refractivity contribution >= 4 is 11.8 Å². The predicted molar refractivity (Wildman–Crippen MR) is 50.1 cm³/mol. The van der Waals surface area contributed by atoms with Crippen molar-refractivity contribution in [3.05, 3.63) is 35.0 Å². The van der Waals surface area contributed by atoms with E-state index in [2.05, 4.69) is 30.7 Å². The topological polar surface area (TPSA) is 3.24 Å². The van der Waals surface area contributed by atoms with Crippen LogP contribution in [0.4, 0.5) is 0 Å². The lowest BCUT2D eigenvalue weighted by atomic mass is 10.1. The smallest absolute Gasteiger partial charge is 0.0754 e. The van der Waals surface area contributed by atoms with Gasteiger partial charge in [-0.3, -0.25) is 0 Å². The van der Waals surface area contributed by atoms with Crippen LogP contribution in [0.3, 0.4) is 0 Å². The minimum Gasteiger partial charge on any atom is -0.342 e. The van der Waals surface area contributed by atoms with Crippen LogP contribution in [0.1, 0.15) is 6.92 Å². The maximum atomic E-state index is 3.97. The van der Waals surface area contributed by atoms with Gasteiger partial charge in [-0.2, -0.15) is 0 Å². The van der Waals surface area contributed by atoms with Gasteiger partial charge in [0, 0.05) is 18.5 Å². The van der Waals surface area contributed by atoms with Crippen LogP contribution in [0.25, 0.3) is 0 Å². The first-order chi connectivity index (χ1) is 5.27. The molecule has 0 unspecified atom stereocenters. The van der Waals surface area contributed by atoms with Crippen LogP contribution in [0.2, 0.25) is 0 Å². The van der Waals surface area contributed by atoms with Crippen LogP contribution in [0, 0.1) is 0 Å². The molecule has 2 rings (SSSR count). The van der Waals surface area contributed by atoms with E-state index in [4.69, 9.17) is 0 Å². The number of hydrogen-bond acceptors (Lipinski definition) is 2. The molecule has 1 nitrogen and oxygen atoms in total. The van der Waals surface area contributed by atoms with Gasteiger partial charge in [0.25, 0.3) is 0 Å². The van der Waals surface area contributed by atoms with E-state index >= 15 is 0 Å². The zero-order valence-electron chi connectivity index (χ0n) is 6.63. The molecule has 0 aliphatic carbocycles. The van der Waals surface area contributed by atoms with E-state index in [1.54, 1.807) is 0 Å². The number of allylic oxidation sites excluding steroid dienone is 3. The number of nitrogens with zero attached hydrogens (tertiary/aromatic N) is 1. The van der Waals surface area contributed by atoms with Crippen molar-refractivity contribution in [2.45, 2.75) is 6.92 Å². The summed E-state index contributed by atoms with van der Waals surface area (Å²) >= 11 is 1.91. The molecule has 2 heterocycles. The number of fused-ring (bicyclic) bond motifs is 1. The fraction of sp³-hybridized carbons (Fsp3) is 0.333. The van der Waals surface area contributed by atoms with Crippen LogP contribution < -0.4 is 0 Å². The molecule has 58 valence electrons. The molecule has 0 N–H and O–H groups in total. The molecule has 2 aliphatic rings. The van der Waals surface area contributed by atoms with Crippen LogP contribution >= 0.6 is 11.8 Å². The van der Waals surface area contributed by atoms with Gasteiger partial charge in [-0.05, 0) is 24.1 Å². The van der Waals surface area contributed by atoms with E-state index in [-0.39, 0.29) is 0 Å². The molecule has 0 radical (unpaired) electrons. The summed E-state index contributed by atoms with van der Waals surface area (Å²) in [7, 11) is 0. The second-order valence-corrected chi connectivity index (χ2v) is 3.98. The first-order valence-corrected chi connectivity index (χ1v) is 4.75. The Hall–Kier alpha value is -0.630. The molecule has 0 spiro atoms. The third kappa shape index (κ3) is 1.11. The van der Waals surface area contributed by atoms with Gasteiger partial charge in [0.2, 0.25) is 0 Å². The molecular weight excluding hydrogens is 154 g/mol. The minimum absolute atomic E-state index is 1.15. The Balaban J connectivity index is 2.33. The van der Waals surface area contributed by atoms with Crippen LogP contribution in [-0.4, -0.2) is 17.2 Å². The van der Waals surface area contributed by atoms with Crippen molar-refractivity contribution in [2.75, 3.05) is 12.3 Å². The van der Waals surface area contributed by atoms with E-state index in [0.717, 1.165) is 12.1 Å². The lowest BCUT2D eigenvalue weighted by Crippen LogP contribution is -2.14. The third-order valence-corrected chi connectivity index (χ3v) is 3.05. The van der Waals surface area contributed by atoms with Gasteiger partial charge in [-0.1, -0.05) is 6.58 Å². The highest BCUT2D eigenvalue weighted by atomic mass is 32.2. The van der Waals surface area contributed by atoms with Gasteiger partial charge in [-0.25, -0.2) is 0 Å². The molecule has 0 saturated carbocycles. The number of rotatable bonds is 0. The van der Waals surface area contributed by atoms with Crippen molar-refractivity contribution in [2.24, 2.45) is 0 Å². The van der Waals surface area contributed by atoms with Crippen molar-refractivity contribution in [3.63, 3.8) is 0 Å². The second kappa shape index (κ2) is 2.45. The SMILES string of the molecule is C=C1C=C2SCCN2C=C1C. The van der Waals surface area contributed by atoms with Crippen LogP contribution in [0.15, 0.2) is 35.0 Å². The monoisotopic (exact) mass is 165 g/mol. The average molecular weight is 165 g/mol. The molecule has 0 atom stereocenters. The Labute approximate surface area is 71.5 Å². The first kappa shape index (κ1) is 7.04. The summed E-state index contributed by atoms with van der Waals surface area (Å²) in [5, 5.41) is 1.36. The molecular formula is C9H11NS. The van der Waals surface area contributed by atoms with Gasteiger partial charge in [0.15, 0.2) is 0 Å². The molecule has 1 fully saturated rings. The lowest BCUT2D eigenvalue weighted by molar-refractivity contribution is 0.537. The van der Waals surface area contributed by atoms with E-state index < -0.39 is 0 Å². The molecule has 11 heavy (non-hydrogen) atoms. The molecule has 0 aromatic carbocycles. The highest BCUT2D eigenvalue weighted by Crippen LogP contribution is 2.33. The summed E-state index contributed by atoms with van der Waals surface area (Å²) in [4.78, 5) is 2.30. The average Bonchev–Trinajstić information content (AvgIpc) is 2.36. The summed E-state index contributed by atoms with van der Waals surface area (Å²) in [6.45, 7) is 7.23. The molecule has 0 aromatic rings. The fourth-order valence-electron chi connectivity index (χ4n) is 1.27. The first-order valence-electron chi connectivity index (χ1n) is 3.76. The van der Waals surface area contributed by atoms with Gasteiger partial charge in [0.1, 0.15) is 0 Å². The Morgan fingerprint density at radius 2 is 2.45 bits per heavy atom. The summed E-state index contributed by atoms with van der Waals surface area (Å²) in [5.74, 6) is 1.21. The predicted octanol–water partition coefficient (Wildman–Crippen LogP) is 2.35. The standard InChI is InChI=1S/C9H11NS/c1-7-5-9-10(3-4-11-9)6-8(7)2/h5-6H,1,3-4H2,2H3. The third-order valence-electron chi connectivity index (χ3n) is 2.02. The Bertz CT molecular complexity index is 263. The molecule has 2 aliphatic heterocycles. The fourth-order valence-corrected chi connectivity index (χ4v) is 2.31. The largest absolute Gasteiger partial charge is 0.342 e. The zero-order chi connectivity index (χ0) is 7.84. The lowest BCUT2D eigenvalue weighted by Gasteiger charge is -2.20. The molecule has 0 amide bonds. The van der Waals surface area contributed by atoms with Crippen LogP contribution in [-0.2, 0) is 0 Å². The second-order valence-electron chi connectivity index (χ2n) is 2.86. The molecule has 1 saturated heterocycles. The summed E-state index contributed by atoms with van der Waals surface area (Å²) in [6, 6.07) is 0. The van der Waals surface area contributed by atoms with Crippen molar-refractivity contribution in [3.8, 4) is 0 Å². The molecule has 2 heteroatoms. The van der Waals surface area contributed by atoms with Crippen molar-refractivity contribution in [1.82, 2.24) is 4.90 Å².